The average molecular weight is 567 g/mol. The number of ether oxygens (including phenoxy) is 1. The molecule has 1 heterocycles. The number of hydrogen-bond donors (Lipinski definition) is 1. The van der Waals surface area contributed by atoms with Gasteiger partial charge < -0.3 is 14.7 Å². The number of benzene rings is 2. The zero-order chi connectivity index (χ0) is 28.5. The molecule has 38 heavy (non-hydrogen) atoms. The number of rotatable bonds is 8. The number of nitrogens with zero attached hydrogens (tertiary/aromatic N) is 2. The van der Waals surface area contributed by atoms with Gasteiger partial charge in [0.15, 0.2) is 20.5 Å². The monoisotopic (exact) mass is 566 g/mol. The molecule has 0 saturated carbocycles. The van der Waals surface area contributed by atoms with Crippen molar-refractivity contribution in [1.82, 2.24) is 9.21 Å². The summed E-state index contributed by atoms with van der Waals surface area (Å²) in [6.45, 7) is 4.90. The summed E-state index contributed by atoms with van der Waals surface area (Å²) in [7, 11) is -6.79. The Labute approximate surface area is 224 Å². The number of sulfone groups is 1. The Morgan fingerprint density at radius 2 is 1.66 bits per heavy atom. The predicted octanol–water partition coefficient (Wildman–Crippen LogP) is 2.15. The first-order valence-electron chi connectivity index (χ1n) is 11.9. The van der Waals surface area contributed by atoms with Gasteiger partial charge in [-0.2, -0.15) is 4.31 Å². The number of piperazine rings is 1. The maximum atomic E-state index is 13.9. The maximum Gasteiger partial charge on any atom is 0.331 e. The van der Waals surface area contributed by atoms with E-state index >= 15 is 0 Å². The van der Waals surface area contributed by atoms with Gasteiger partial charge in [0.1, 0.15) is 5.75 Å². The Bertz CT molecular complexity index is 1420. The predicted molar refractivity (Wildman–Crippen MR) is 143 cm³/mol. The molecular formula is C26H34N2O8S2. The summed E-state index contributed by atoms with van der Waals surface area (Å²) in [5.41, 5.74) is -0.624. The lowest BCUT2D eigenvalue weighted by Gasteiger charge is -2.47. The van der Waals surface area contributed by atoms with Gasteiger partial charge >= 0.3 is 5.97 Å². The summed E-state index contributed by atoms with van der Waals surface area (Å²) in [6, 6.07) is 13.5. The van der Waals surface area contributed by atoms with Crippen LogP contribution in [-0.4, -0.2) is 86.6 Å². The molecule has 1 unspecified atom stereocenters. The van der Waals surface area contributed by atoms with Gasteiger partial charge in [-0.05, 0) is 28.7 Å². The van der Waals surface area contributed by atoms with Crippen LogP contribution in [0.5, 0.6) is 5.75 Å². The fourth-order valence-electron chi connectivity index (χ4n) is 4.70. The van der Waals surface area contributed by atoms with Gasteiger partial charge in [0.05, 0.1) is 7.11 Å². The first-order chi connectivity index (χ1) is 17.5. The van der Waals surface area contributed by atoms with E-state index in [2.05, 4.69) is 0 Å². The highest BCUT2D eigenvalue weighted by molar-refractivity contribution is 8.06. The van der Waals surface area contributed by atoms with E-state index in [1.54, 1.807) is 48.5 Å². The van der Waals surface area contributed by atoms with Crippen LogP contribution in [-0.2, 0) is 36.5 Å². The van der Waals surface area contributed by atoms with Crippen molar-refractivity contribution in [3.05, 3.63) is 65.2 Å². The number of sulfonamides is 1. The van der Waals surface area contributed by atoms with Gasteiger partial charge in [-0.3, -0.25) is 4.79 Å². The van der Waals surface area contributed by atoms with Crippen LogP contribution < -0.4 is 4.74 Å². The average Bonchev–Trinajstić information content (AvgIpc) is 2.81. The van der Waals surface area contributed by atoms with E-state index in [1.807, 2.05) is 20.8 Å². The number of hydrogen-bond acceptors (Lipinski definition) is 7. The molecule has 208 valence electrons. The molecular weight excluding hydrogens is 532 g/mol. The smallest absolute Gasteiger partial charge is 0.331 e. The summed E-state index contributed by atoms with van der Waals surface area (Å²) in [5, 5.41) is 9.37. The van der Waals surface area contributed by atoms with E-state index in [9.17, 15) is 31.5 Å². The number of carbonyl (C=O) groups excluding carboxylic acids is 1. The molecule has 3 rings (SSSR count). The van der Waals surface area contributed by atoms with Crippen LogP contribution in [0.3, 0.4) is 0 Å². The van der Waals surface area contributed by atoms with Crippen molar-refractivity contribution >= 4 is 31.7 Å². The minimum atomic E-state index is -4.36. The van der Waals surface area contributed by atoms with Gasteiger partial charge in [0.25, 0.3) is 5.91 Å². The molecule has 0 radical (unpaired) electrons. The molecule has 0 aromatic heterocycles. The Morgan fingerprint density at radius 3 is 2.18 bits per heavy atom. The quantitative estimate of drug-likeness (QED) is 0.513. The van der Waals surface area contributed by atoms with Gasteiger partial charge in [-0.15, -0.1) is 0 Å². The second kappa shape index (κ2) is 10.7. The zero-order valence-electron chi connectivity index (χ0n) is 22.2. The molecule has 1 amide bonds. The highest BCUT2D eigenvalue weighted by Gasteiger charge is 2.53. The summed E-state index contributed by atoms with van der Waals surface area (Å²) >= 11 is 0. The van der Waals surface area contributed by atoms with Crippen LogP contribution >= 0.6 is 0 Å². The molecule has 2 aromatic carbocycles. The Morgan fingerprint density at radius 1 is 1.03 bits per heavy atom. The molecule has 1 aliphatic heterocycles. The van der Waals surface area contributed by atoms with E-state index in [0.29, 0.717) is 11.3 Å². The van der Waals surface area contributed by atoms with Crippen LogP contribution in [0.2, 0.25) is 0 Å². The maximum absolute atomic E-state index is 13.9. The van der Waals surface area contributed by atoms with E-state index in [-0.39, 0.29) is 30.5 Å². The van der Waals surface area contributed by atoms with Crippen LogP contribution in [0.25, 0.3) is 0 Å². The van der Waals surface area contributed by atoms with Gasteiger partial charge in [-0.1, -0.05) is 57.2 Å². The Balaban J connectivity index is 2.11. The molecule has 1 fully saturated rings. The molecule has 1 N–H and O–H groups in total. The number of aliphatic carboxylic acids is 1. The molecule has 1 saturated heterocycles. The third-order valence-electron chi connectivity index (χ3n) is 6.52. The SMILES string of the molecule is COc1cc(C(=O)N2CCN(S(=O)(=O)CS(C)(=O)=O)CC2(Cc2ccccc2)C(=O)O)ccc1C(C)(C)C. The van der Waals surface area contributed by atoms with Crippen molar-refractivity contribution in [2.75, 3.05) is 38.1 Å². The van der Waals surface area contributed by atoms with Crippen molar-refractivity contribution in [3.63, 3.8) is 0 Å². The largest absolute Gasteiger partial charge is 0.496 e. The molecule has 0 aliphatic carbocycles. The third-order valence-corrected chi connectivity index (χ3v) is 10.5. The number of amides is 1. The standard InChI is InChI=1S/C26H34N2O8S2/c1-25(2,3)21-12-11-20(15-22(21)36-4)23(29)28-14-13-27(38(34,35)18-37(5,32)33)17-26(28,24(30)31)16-19-9-7-6-8-10-19/h6-12,15H,13-14,16-18H2,1-5H3,(H,30,31). The number of carboxylic acids is 1. The number of methoxy groups -OCH3 is 1. The molecule has 10 nitrogen and oxygen atoms in total. The lowest BCUT2D eigenvalue weighted by Crippen LogP contribution is -2.69. The van der Waals surface area contributed by atoms with E-state index in [4.69, 9.17) is 4.74 Å². The molecule has 2 aromatic rings. The molecule has 1 atom stereocenters. The minimum Gasteiger partial charge on any atom is -0.496 e. The second-order valence-corrected chi connectivity index (χ2v) is 15.1. The second-order valence-electron chi connectivity index (χ2n) is 10.6. The van der Waals surface area contributed by atoms with Crippen molar-refractivity contribution in [2.24, 2.45) is 0 Å². The highest BCUT2D eigenvalue weighted by Crippen LogP contribution is 2.34. The summed E-state index contributed by atoms with van der Waals surface area (Å²) in [5.74, 6) is -1.52. The Kier molecular flexibility index (Phi) is 8.30. The molecule has 1 aliphatic rings. The van der Waals surface area contributed by atoms with Gasteiger partial charge in [0, 0.05) is 37.9 Å². The normalized spacial score (nSPS) is 19.2. The fourth-order valence-corrected chi connectivity index (χ4v) is 8.23. The first kappa shape index (κ1) is 29.6. The topological polar surface area (TPSA) is 138 Å². The first-order valence-corrected chi connectivity index (χ1v) is 15.6. The molecule has 0 bridgehead atoms. The molecule has 0 spiro atoms. The fraction of sp³-hybridized carbons (Fsp3) is 0.462. The van der Waals surface area contributed by atoms with Crippen molar-refractivity contribution < 1.29 is 36.3 Å². The lowest BCUT2D eigenvalue weighted by atomic mass is 9.84. The van der Waals surface area contributed by atoms with Crippen LogP contribution in [0.15, 0.2) is 48.5 Å². The van der Waals surface area contributed by atoms with Gasteiger partial charge in [0.2, 0.25) is 10.0 Å². The van der Waals surface area contributed by atoms with Crippen LogP contribution in [0.4, 0.5) is 0 Å². The summed E-state index contributed by atoms with van der Waals surface area (Å²) in [4.78, 5) is 28.0. The van der Waals surface area contributed by atoms with Crippen molar-refractivity contribution in [2.45, 2.75) is 38.1 Å². The van der Waals surface area contributed by atoms with Crippen LogP contribution in [0.1, 0.15) is 42.3 Å². The van der Waals surface area contributed by atoms with E-state index < -0.39 is 48.9 Å². The zero-order valence-corrected chi connectivity index (χ0v) is 23.8. The minimum absolute atomic E-state index is 0.184. The van der Waals surface area contributed by atoms with Gasteiger partial charge in [-0.25, -0.2) is 21.6 Å². The number of carboxylic acid groups (broad SMARTS) is 1. The molecule has 12 heteroatoms. The van der Waals surface area contributed by atoms with Crippen molar-refractivity contribution in [1.29, 1.82) is 0 Å². The third kappa shape index (κ3) is 6.36. The number of carbonyl (C=O) groups is 2. The Hall–Kier alpha value is -2.96. The van der Waals surface area contributed by atoms with E-state index in [1.165, 1.54) is 12.0 Å². The lowest BCUT2D eigenvalue weighted by molar-refractivity contribution is -0.152. The van der Waals surface area contributed by atoms with Crippen molar-refractivity contribution in [3.8, 4) is 5.75 Å². The summed E-state index contributed by atoms with van der Waals surface area (Å²) in [6.07, 6.45) is 0.615. The summed E-state index contributed by atoms with van der Waals surface area (Å²) < 4.78 is 55.9. The van der Waals surface area contributed by atoms with E-state index in [0.717, 1.165) is 16.1 Å². The van der Waals surface area contributed by atoms with Crippen LogP contribution in [0, 0.1) is 0 Å². The highest BCUT2D eigenvalue weighted by atomic mass is 32.3.